The molecule has 2 aromatic carbocycles. The van der Waals surface area contributed by atoms with E-state index in [1.165, 1.54) is 23.5 Å². The number of carbonyl (C=O) groups excluding carboxylic acids is 2. The van der Waals surface area contributed by atoms with Gasteiger partial charge in [0.1, 0.15) is 0 Å². The van der Waals surface area contributed by atoms with Gasteiger partial charge in [-0.3, -0.25) is 14.5 Å². The van der Waals surface area contributed by atoms with Gasteiger partial charge in [0.25, 0.3) is 11.8 Å². The average Bonchev–Trinajstić information content (AvgIpc) is 3.38. The minimum absolute atomic E-state index is 0.0168. The van der Waals surface area contributed by atoms with Crippen molar-refractivity contribution in [1.82, 2.24) is 19.7 Å². The standard InChI is InChI=1S/C26H25F3N4O2S/c27-26(28,29)21-7-3-19(4-8-21)15-18-1-5-20(6-2-18)24(34)33-16-22(17-33)31-10-12-32(13-11-31)25(35)23-30-9-14-36-23/h1-9,14,22H,10-13,15-17H2. The number of alkyl halides is 3. The van der Waals surface area contributed by atoms with Gasteiger partial charge in [-0.25, -0.2) is 4.98 Å². The molecule has 3 heterocycles. The van der Waals surface area contributed by atoms with Crippen molar-refractivity contribution in [3.05, 3.63) is 87.4 Å². The molecule has 5 rings (SSSR count). The third-order valence-electron chi connectivity index (χ3n) is 6.77. The van der Waals surface area contributed by atoms with E-state index in [9.17, 15) is 22.8 Å². The van der Waals surface area contributed by atoms with Gasteiger partial charge in [-0.1, -0.05) is 24.3 Å². The molecule has 2 fully saturated rings. The molecule has 3 aromatic rings. The molecule has 2 aliphatic rings. The van der Waals surface area contributed by atoms with Crippen molar-refractivity contribution in [2.45, 2.75) is 18.6 Å². The first-order chi connectivity index (χ1) is 17.3. The van der Waals surface area contributed by atoms with E-state index in [-0.39, 0.29) is 11.8 Å². The summed E-state index contributed by atoms with van der Waals surface area (Å²) in [7, 11) is 0. The number of hydrogen-bond acceptors (Lipinski definition) is 5. The van der Waals surface area contributed by atoms with Gasteiger partial charge in [0.15, 0.2) is 5.01 Å². The summed E-state index contributed by atoms with van der Waals surface area (Å²) in [5, 5.41) is 2.32. The Morgan fingerprint density at radius 1 is 0.861 bits per heavy atom. The van der Waals surface area contributed by atoms with Crippen LogP contribution in [-0.4, -0.2) is 76.8 Å². The highest BCUT2D eigenvalue weighted by molar-refractivity contribution is 7.11. The maximum atomic E-state index is 12.9. The number of aromatic nitrogens is 1. The predicted octanol–water partition coefficient (Wildman–Crippen LogP) is 4.04. The highest BCUT2D eigenvalue weighted by Gasteiger charge is 2.37. The zero-order chi connectivity index (χ0) is 25.3. The largest absolute Gasteiger partial charge is 0.416 e. The van der Waals surface area contributed by atoms with E-state index < -0.39 is 11.7 Å². The SMILES string of the molecule is O=C(c1ccc(Cc2ccc(C(F)(F)F)cc2)cc1)N1CC(N2CCN(C(=O)c3nccs3)CC2)C1. The summed E-state index contributed by atoms with van der Waals surface area (Å²) < 4.78 is 38.2. The van der Waals surface area contributed by atoms with Crippen molar-refractivity contribution in [3.63, 3.8) is 0 Å². The van der Waals surface area contributed by atoms with E-state index in [4.69, 9.17) is 0 Å². The lowest BCUT2D eigenvalue weighted by molar-refractivity contribution is -0.137. The van der Waals surface area contributed by atoms with E-state index in [0.29, 0.717) is 49.2 Å². The van der Waals surface area contributed by atoms with Gasteiger partial charge in [0, 0.05) is 62.5 Å². The molecule has 0 bridgehead atoms. The fraction of sp³-hybridized carbons (Fsp3) is 0.346. The number of carbonyl (C=O) groups is 2. The van der Waals surface area contributed by atoms with Crippen LogP contribution in [0.4, 0.5) is 13.2 Å². The van der Waals surface area contributed by atoms with Crippen LogP contribution in [0.25, 0.3) is 0 Å². The maximum Gasteiger partial charge on any atom is 0.416 e. The summed E-state index contributed by atoms with van der Waals surface area (Å²) in [4.78, 5) is 35.4. The molecule has 0 saturated carbocycles. The summed E-state index contributed by atoms with van der Waals surface area (Å²) in [5.74, 6) is -0.0400. The predicted molar refractivity (Wildman–Crippen MR) is 130 cm³/mol. The fourth-order valence-electron chi connectivity index (χ4n) is 4.60. The molecule has 0 aliphatic carbocycles. The molecule has 0 spiro atoms. The van der Waals surface area contributed by atoms with Gasteiger partial charge in [-0.2, -0.15) is 13.2 Å². The normalized spacial score (nSPS) is 17.2. The lowest BCUT2D eigenvalue weighted by Crippen LogP contribution is -2.64. The van der Waals surface area contributed by atoms with Gasteiger partial charge in [-0.15, -0.1) is 11.3 Å². The van der Waals surface area contributed by atoms with Crippen LogP contribution >= 0.6 is 11.3 Å². The first kappa shape index (κ1) is 24.5. The Morgan fingerprint density at radius 3 is 2.03 bits per heavy atom. The monoisotopic (exact) mass is 514 g/mol. The Bertz CT molecular complexity index is 1200. The van der Waals surface area contributed by atoms with Gasteiger partial charge in [-0.05, 0) is 41.8 Å². The molecule has 2 amide bonds. The van der Waals surface area contributed by atoms with Crippen molar-refractivity contribution in [2.75, 3.05) is 39.3 Å². The zero-order valence-electron chi connectivity index (χ0n) is 19.4. The van der Waals surface area contributed by atoms with Gasteiger partial charge >= 0.3 is 6.18 Å². The van der Waals surface area contributed by atoms with Crippen molar-refractivity contribution < 1.29 is 22.8 Å². The number of likely N-dealkylation sites (tertiary alicyclic amines) is 1. The van der Waals surface area contributed by atoms with Crippen molar-refractivity contribution in [1.29, 1.82) is 0 Å². The van der Waals surface area contributed by atoms with Crippen molar-refractivity contribution >= 4 is 23.2 Å². The molecule has 0 N–H and O–H groups in total. The lowest BCUT2D eigenvalue weighted by atomic mass is 10.0. The number of rotatable bonds is 5. The van der Waals surface area contributed by atoms with E-state index in [1.807, 2.05) is 21.9 Å². The first-order valence-corrected chi connectivity index (χ1v) is 12.6. The smallest absolute Gasteiger partial charge is 0.335 e. The Hall–Kier alpha value is -3.24. The van der Waals surface area contributed by atoms with Crippen LogP contribution in [0.2, 0.25) is 0 Å². The van der Waals surface area contributed by atoms with Crippen LogP contribution in [0.15, 0.2) is 60.1 Å². The molecule has 36 heavy (non-hydrogen) atoms. The summed E-state index contributed by atoms with van der Waals surface area (Å²) in [6.45, 7) is 4.19. The molecule has 1 aromatic heterocycles. The molecule has 2 aliphatic heterocycles. The molecule has 10 heteroatoms. The molecule has 0 atom stereocenters. The van der Waals surface area contributed by atoms with Gasteiger partial charge in [0.05, 0.1) is 5.56 Å². The second kappa shape index (κ2) is 10.0. The summed E-state index contributed by atoms with van der Waals surface area (Å²) in [6, 6.07) is 12.7. The maximum absolute atomic E-state index is 12.9. The third kappa shape index (κ3) is 5.29. The van der Waals surface area contributed by atoms with Crippen LogP contribution < -0.4 is 0 Å². The molecule has 2 saturated heterocycles. The minimum atomic E-state index is -4.34. The highest BCUT2D eigenvalue weighted by Crippen LogP contribution is 2.29. The van der Waals surface area contributed by atoms with Crippen LogP contribution in [-0.2, 0) is 12.6 Å². The molecular weight excluding hydrogens is 489 g/mol. The Labute approximate surface area is 211 Å². The Morgan fingerprint density at radius 2 is 1.47 bits per heavy atom. The van der Waals surface area contributed by atoms with Crippen LogP contribution in [0, 0.1) is 0 Å². The summed E-state index contributed by atoms with van der Waals surface area (Å²) in [6.07, 6.45) is -2.21. The molecular formula is C26H25F3N4O2S. The van der Waals surface area contributed by atoms with E-state index in [2.05, 4.69) is 9.88 Å². The second-order valence-electron chi connectivity index (χ2n) is 9.10. The number of thiazole rings is 1. The molecule has 0 unspecified atom stereocenters. The first-order valence-electron chi connectivity index (χ1n) is 11.7. The number of hydrogen-bond donors (Lipinski definition) is 0. The average molecular weight is 515 g/mol. The number of nitrogens with zero attached hydrogens (tertiary/aromatic N) is 4. The summed E-state index contributed by atoms with van der Waals surface area (Å²) >= 11 is 1.35. The van der Waals surface area contributed by atoms with E-state index >= 15 is 0 Å². The number of benzene rings is 2. The Balaban J connectivity index is 1.09. The number of amides is 2. The van der Waals surface area contributed by atoms with E-state index in [0.717, 1.165) is 36.3 Å². The minimum Gasteiger partial charge on any atom is -0.335 e. The van der Waals surface area contributed by atoms with Crippen molar-refractivity contribution in [2.24, 2.45) is 0 Å². The fourth-order valence-corrected chi connectivity index (χ4v) is 5.20. The Kier molecular flexibility index (Phi) is 6.81. The van der Waals surface area contributed by atoms with Crippen LogP contribution in [0.3, 0.4) is 0 Å². The quantitative estimate of drug-likeness (QED) is 0.516. The number of piperazine rings is 1. The van der Waals surface area contributed by atoms with Crippen molar-refractivity contribution in [3.8, 4) is 0 Å². The number of halogens is 3. The lowest BCUT2D eigenvalue weighted by Gasteiger charge is -2.48. The van der Waals surface area contributed by atoms with Gasteiger partial charge in [0.2, 0.25) is 0 Å². The van der Waals surface area contributed by atoms with Gasteiger partial charge < -0.3 is 9.80 Å². The highest BCUT2D eigenvalue weighted by atomic mass is 32.1. The van der Waals surface area contributed by atoms with Crippen LogP contribution in [0.5, 0.6) is 0 Å². The molecule has 0 radical (unpaired) electrons. The second-order valence-corrected chi connectivity index (χ2v) is 9.99. The zero-order valence-corrected chi connectivity index (χ0v) is 20.3. The summed E-state index contributed by atoms with van der Waals surface area (Å²) in [5.41, 5.74) is 1.65. The molecule has 6 nitrogen and oxygen atoms in total. The van der Waals surface area contributed by atoms with Crippen LogP contribution in [0.1, 0.15) is 36.9 Å². The molecule has 188 valence electrons. The third-order valence-corrected chi connectivity index (χ3v) is 7.53. The topological polar surface area (TPSA) is 56.8 Å². The van der Waals surface area contributed by atoms with E-state index in [1.54, 1.807) is 23.7 Å².